The van der Waals surface area contributed by atoms with Crippen molar-refractivity contribution < 1.29 is 0 Å². The van der Waals surface area contributed by atoms with Gasteiger partial charge in [-0.05, 0) is 79.2 Å². The predicted molar refractivity (Wildman–Crippen MR) is 107 cm³/mol. The largest absolute Gasteiger partial charge is 0.0619 e. The first-order valence-electron chi connectivity index (χ1n) is 8.84. The Morgan fingerprint density at radius 1 is 0.520 bits per heavy atom. The number of hydrogen-bond donors (Lipinski definition) is 0. The fourth-order valence-corrected chi connectivity index (χ4v) is 4.49. The average molecular weight is 316 g/mol. The van der Waals surface area contributed by atoms with Gasteiger partial charge in [0.25, 0.3) is 0 Å². The van der Waals surface area contributed by atoms with E-state index in [1.807, 2.05) is 0 Å². The van der Waals surface area contributed by atoms with Crippen LogP contribution in [0.25, 0.3) is 43.4 Å². The second kappa shape index (κ2) is 4.70. The molecular formula is C25H16. The molecule has 0 radical (unpaired) electrons. The Morgan fingerprint density at radius 2 is 1.20 bits per heavy atom. The standard InChI is InChI=1S/C25H16/c1-2-7-17-15-23-21(12-16(17)6-1)14-20-10-5-9-19-13-18-8-3-4-11-22(18)25(23)24(19)20/h1-12,14-15H,13H2. The minimum atomic E-state index is 1.03. The lowest BCUT2D eigenvalue weighted by Gasteiger charge is -2.23. The molecule has 0 amide bonds. The Morgan fingerprint density at radius 3 is 2.12 bits per heavy atom. The Bertz CT molecular complexity index is 1310. The third kappa shape index (κ3) is 1.77. The fraction of sp³-hybridized carbons (Fsp3) is 0.0400. The highest BCUT2D eigenvalue weighted by Crippen LogP contribution is 2.44. The molecule has 0 saturated heterocycles. The van der Waals surface area contributed by atoms with E-state index in [2.05, 4.69) is 84.9 Å². The quantitative estimate of drug-likeness (QED) is 0.273. The van der Waals surface area contributed by atoms with Gasteiger partial charge >= 0.3 is 0 Å². The van der Waals surface area contributed by atoms with Crippen molar-refractivity contribution in [3.63, 3.8) is 0 Å². The van der Waals surface area contributed by atoms with Crippen LogP contribution >= 0.6 is 0 Å². The summed E-state index contributed by atoms with van der Waals surface area (Å²) in [7, 11) is 0. The van der Waals surface area contributed by atoms with Crippen LogP contribution in [-0.2, 0) is 6.42 Å². The van der Waals surface area contributed by atoms with Crippen LogP contribution in [0.5, 0.6) is 0 Å². The summed E-state index contributed by atoms with van der Waals surface area (Å²) in [5.41, 5.74) is 5.69. The minimum Gasteiger partial charge on any atom is -0.0619 e. The van der Waals surface area contributed by atoms with Crippen LogP contribution in [-0.4, -0.2) is 0 Å². The van der Waals surface area contributed by atoms with E-state index >= 15 is 0 Å². The van der Waals surface area contributed by atoms with Crippen LogP contribution in [0.2, 0.25) is 0 Å². The van der Waals surface area contributed by atoms with Crippen LogP contribution < -0.4 is 0 Å². The lowest BCUT2D eigenvalue weighted by atomic mass is 9.81. The van der Waals surface area contributed by atoms with Crippen molar-refractivity contribution >= 4 is 32.3 Å². The maximum absolute atomic E-state index is 2.37. The molecule has 116 valence electrons. The van der Waals surface area contributed by atoms with Gasteiger partial charge < -0.3 is 0 Å². The molecule has 6 rings (SSSR count). The van der Waals surface area contributed by atoms with Crippen LogP contribution in [0.3, 0.4) is 0 Å². The molecule has 0 aliphatic heterocycles. The molecule has 5 aromatic carbocycles. The van der Waals surface area contributed by atoms with Crippen molar-refractivity contribution in [3.05, 3.63) is 96.1 Å². The second-order valence-corrected chi connectivity index (χ2v) is 7.02. The van der Waals surface area contributed by atoms with Gasteiger partial charge in [0.15, 0.2) is 0 Å². The predicted octanol–water partition coefficient (Wildman–Crippen LogP) is 6.72. The highest BCUT2D eigenvalue weighted by atomic mass is 14.2. The van der Waals surface area contributed by atoms with Crippen molar-refractivity contribution in [2.75, 3.05) is 0 Å². The minimum absolute atomic E-state index is 1.03. The highest BCUT2D eigenvalue weighted by Gasteiger charge is 2.20. The molecule has 0 N–H and O–H groups in total. The van der Waals surface area contributed by atoms with Crippen LogP contribution in [0.1, 0.15) is 11.1 Å². The van der Waals surface area contributed by atoms with E-state index in [0.29, 0.717) is 0 Å². The van der Waals surface area contributed by atoms with Gasteiger partial charge in [-0.3, -0.25) is 0 Å². The Kier molecular flexibility index (Phi) is 2.48. The van der Waals surface area contributed by atoms with E-state index in [1.54, 1.807) is 0 Å². The summed E-state index contributed by atoms with van der Waals surface area (Å²) in [5, 5.41) is 8.10. The SMILES string of the molecule is c1ccc2c(c1)Cc1cccc3cc4cc5ccccc5cc4c-2c13. The second-order valence-electron chi connectivity index (χ2n) is 7.02. The van der Waals surface area contributed by atoms with Crippen LogP contribution in [0.4, 0.5) is 0 Å². The van der Waals surface area contributed by atoms with Gasteiger partial charge in [-0.25, -0.2) is 0 Å². The Balaban J connectivity index is 1.91. The number of hydrogen-bond acceptors (Lipinski definition) is 0. The Labute approximate surface area is 146 Å². The zero-order valence-corrected chi connectivity index (χ0v) is 13.8. The lowest BCUT2D eigenvalue weighted by molar-refractivity contribution is 1.20. The Hall–Kier alpha value is -3.12. The maximum Gasteiger partial charge on any atom is -0.00132 e. The first-order valence-corrected chi connectivity index (χ1v) is 8.84. The van der Waals surface area contributed by atoms with Crippen molar-refractivity contribution in [2.45, 2.75) is 6.42 Å². The molecule has 0 heteroatoms. The van der Waals surface area contributed by atoms with Crippen molar-refractivity contribution in [3.8, 4) is 11.1 Å². The van der Waals surface area contributed by atoms with E-state index < -0.39 is 0 Å². The number of benzene rings is 5. The summed E-state index contributed by atoms with van der Waals surface area (Å²) >= 11 is 0. The van der Waals surface area contributed by atoms with E-state index in [9.17, 15) is 0 Å². The fourth-order valence-electron chi connectivity index (χ4n) is 4.49. The monoisotopic (exact) mass is 316 g/mol. The van der Waals surface area contributed by atoms with Gasteiger partial charge in [0.1, 0.15) is 0 Å². The van der Waals surface area contributed by atoms with E-state index in [1.165, 1.54) is 54.6 Å². The number of rotatable bonds is 0. The molecule has 0 aromatic heterocycles. The molecule has 0 bridgehead atoms. The maximum atomic E-state index is 2.37. The zero-order chi connectivity index (χ0) is 16.4. The van der Waals surface area contributed by atoms with E-state index in [-0.39, 0.29) is 0 Å². The van der Waals surface area contributed by atoms with Crippen LogP contribution in [0, 0.1) is 0 Å². The number of fused-ring (bicyclic) bond motifs is 5. The van der Waals surface area contributed by atoms with E-state index in [4.69, 9.17) is 0 Å². The van der Waals surface area contributed by atoms with Crippen molar-refractivity contribution in [1.29, 1.82) is 0 Å². The van der Waals surface area contributed by atoms with Gasteiger partial charge in [-0.15, -0.1) is 0 Å². The van der Waals surface area contributed by atoms with Gasteiger partial charge in [0, 0.05) is 0 Å². The summed E-state index contributed by atoms with van der Waals surface area (Å²) in [5.74, 6) is 0. The average Bonchev–Trinajstić information content (AvgIpc) is 2.66. The molecule has 0 fully saturated rings. The van der Waals surface area contributed by atoms with Crippen LogP contribution in [0.15, 0.2) is 84.9 Å². The summed E-state index contributed by atoms with van der Waals surface area (Å²) in [4.78, 5) is 0. The molecule has 1 aliphatic rings. The molecule has 0 spiro atoms. The molecule has 0 atom stereocenters. The molecule has 1 aliphatic carbocycles. The summed E-state index contributed by atoms with van der Waals surface area (Å²) in [6, 6.07) is 31.4. The normalized spacial score (nSPS) is 12.6. The molecule has 25 heavy (non-hydrogen) atoms. The summed E-state index contributed by atoms with van der Waals surface area (Å²) in [6.45, 7) is 0. The van der Waals surface area contributed by atoms with E-state index in [0.717, 1.165) is 6.42 Å². The summed E-state index contributed by atoms with van der Waals surface area (Å²) < 4.78 is 0. The lowest BCUT2D eigenvalue weighted by Crippen LogP contribution is -2.01. The zero-order valence-electron chi connectivity index (χ0n) is 13.8. The first kappa shape index (κ1) is 13.2. The third-order valence-corrected chi connectivity index (χ3v) is 5.60. The topological polar surface area (TPSA) is 0 Å². The van der Waals surface area contributed by atoms with Crippen molar-refractivity contribution in [2.24, 2.45) is 0 Å². The van der Waals surface area contributed by atoms with Gasteiger partial charge in [0.2, 0.25) is 0 Å². The smallest absolute Gasteiger partial charge is 0.00132 e. The molecule has 0 heterocycles. The summed E-state index contributed by atoms with van der Waals surface area (Å²) in [6.07, 6.45) is 1.03. The third-order valence-electron chi connectivity index (χ3n) is 5.60. The molecule has 0 nitrogen and oxygen atoms in total. The highest BCUT2D eigenvalue weighted by molar-refractivity contribution is 6.17. The van der Waals surface area contributed by atoms with Crippen molar-refractivity contribution in [1.82, 2.24) is 0 Å². The van der Waals surface area contributed by atoms with Gasteiger partial charge in [-0.1, -0.05) is 66.7 Å². The molecule has 5 aromatic rings. The first-order chi connectivity index (χ1) is 12.4. The van der Waals surface area contributed by atoms with Gasteiger partial charge in [-0.2, -0.15) is 0 Å². The van der Waals surface area contributed by atoms with Gasteiger partial charge in [0.05, 0.1) is 0 Å². The molecule has 0 saturated carbocycles. The molecular weight excluding hydrogens is 300 g/mol. The molecule has 0 unspecified atom stereocenters.